The van der Waals surface area contributed by atoms with Crippen LogP contribution in [-0.4, -0.2) is 23.7 Å². The Morgan fingerprint density at radius 1 is 1.21 bits per heavy atom. The zero-order valence-corrected chi connectivity index (χ0v) is 17.8. The summed E-state index contributed by atoms with van der Waals surface area (Å²) in [5.74, 6) is 1.20. The molecule has 0 amide bonds. The van der Waals surface area contributed by atoms with Gasteiger partial charge >= 0.3 is 6.01 Å². The molecule has 1 aromatic heterocycles. The minimum absolute atomic E-state index is 0.213. The van der Waals surface area contributed by atoms with Crippen LogP contribution >= 0.6 is 0 Å². The molecule has 1 fully saturated rings. The first-order valence-corrected chi connectivity index (χ1v) is 11.8. The molecule has 1 unspecified atom stereocenters. The van der Waals surface area contributed by atoms with E-state index in [-0.39, 0.29) is 17.7 Å². The van der Waals surface area contributed by atoms with Gasteiger partial charge in [-0.3, -0.25) is 4.57 Å². The lowest BCUT2D eigenvalue weighted by molar-refractivity contribution is 0.382. The van der Waals surface area contributed by atoms with E-state index in [0.29, 0.717) is 18.3 Å². The summed E-state index contributed by atoms with van der Waals surface area (Å²) in [5, 5.41) is 0. The highest BCUT2D eigenvalue weighted by Gasteiger charge is 2.25. The Hall–Kier alpha value is -1.86. The Morgan fingerprint density at radius 3 is 2.54 bits per heavy atom. The smallest absolute Gasteiger partial charge is 0.302 e. The molecular weight excluding hydrogens is 374 g/mol. The first-order valence-electron chi connectivity index (χ1n) is 10.2. The fraction of sp³-hybridized carbons (Fsp3) is 0.571. The van der Waals surface area contributed by atoms with Crippen molar-refractivity contribution < 1.29 is 13.2 Å². The first-order chi connectivity index (χ1) is 13.4. The molecule has 1 aromatic carbocycles. The number of ether oxygens (including phenoxy) is 1. The second-order valence-corrected chi connectivity index (χ2v) is 9.55. The van der Waals surface area contributed by atoms with Gasteiger partial charge in [0, 0.05) is 6.54 Å². The van der Waals surface area contributed by atoms with Crippen LogP contribution in [0.3, 0.4) is 0 Å². The van der Waals surface area contributed by atoms with Gasteiger partial charge in [0.05, 0.1) is 23.7 Å². The van der Waals surface area contributed by atoms with Crippen LogP contribution in [0.5, 0.6) is 11.8 Å². The van der Waals surface area contributed by atoms with E-state index in [1.165, 1.54) is 6.42 Å². The molecule has 154 valence electrons. The van der Waals surface area contributed by atoms with E-state index in [0.717, 1.165) is 36.9 Å². The molecular formula is C21H31N3O3S. The SMILES string of the molecule is CCn1c(C(C)NS(=O)(=O)CC2CCCCC2)cnc1Oc1ccc(C)cc1. The van der Waals surface area contributed by atoms with Gasteiger partial charge in [0.15, 0.2) is 0 Å². The summed E-state index contributed by atoms with van der Waals surface area (Å²) in [6.45, 7) is 6.52. The molecule has 0 bridgehead atoms. The number of aryl methyl sites for hydroxylation is 1. The lowest BCUT2D eigenvalue weighted by Gasteiger charge is -2.23. The van der Waals surface area contributed by atoms with Crippen molar-refractivity contribution in [3.05, 3.63) is 41.7 Å². The van der Waals surface area contributed by atoms with Crippen molar-refractivity contribution in [1.29, 1.82) is 0 Å². The summed E-state index contributed by atoms with van der Waals surface area (Å²) in [6, 6.07) is 7.88. The number of rotatable bonds is 8. The normalized spacial score (nSPS) is 16.8. The van der Waals surface area contributed by atoms with Crippen molar-refractivity contribution in [1.82, 2.24) is 14.3 Å². The molecule has 0 spiro atoms. The summed E-state index contributed by atoms with van der Waals surface area (Å²) in [4.78, 5) is 4.38. The van der Waals surface area contributed by atoms with E-state index in [1.54, 1.807) is 6.20 Å². The third-order valence-electron chi connectivity index (χ3n) is 5.38. The number of benzene rings is 1. The van der Waals surface area contributed by atoms with E-state index >= 15 is 0 Å². The number of nitrogens with one attached hydrogen (secondary N) is 1. The summed E-state index contributed by atoms with van der Waals surface area (Å²) in [5.41, 5.74) is 1.96. The molecule has 2 aromatic rings. The molecule has 0 aliphatic heterocycles. The monoisotopic (exact) mass is 405 g/mol. The summed E-state index contributed by atoms with van der Waals surface area (Å²) < 4.78 is 35.9. The van der Waals surface area contributed by atoms with Crippen molar-refractivity contribution in [2.45, 2.75) is 65.5 Å². The molecule has 6 nitrogen and oxygen atoms in total. The highest BCUT2D eigenvalue weighted by molar-refractivity contribution is 7.89. The highest BCUT2D eigenvalue weighted by Crippen LogP contribution is 2.27. The molecule has 1 saturated carbocycles. The van der Waals surface area contributed by atoms with Gasteiger partial charge in [-0.15, -0.1) is 0 Å². The molecule has 7 heteroatoms. The number of aromatic nitrogens is 2. The maximum Gasteiger partial charge on any atom is 0.302 e. The Kier molecular flexibility index (Phi) is 6.78. The second kappa shape index (κ2) is 9.09. The van der Waals surface area contributed by atoms with Gasteiger partial charge < -0.3 is 4.74 Å². The Morgan fingerprint density at radius 2 is 1.89 bits per heavy atom. The lowest BCUT2D eigenvalue weighted by Crippen LogP contribution is -2.33. The van der Waals surface area contributed by atoms with Crippen LogP contribution in [0.15, 0.2) is 30.5 Å². The van der Waals surface area contributed by atoms with Crippen LogP contribution in [0.2, 0.25) is 0 Å². The van der Waals surface area contributed by atoms with Crippen LogP contribution in [-0.2, 0) is 16.6 Å². The third-order valence-corrected chi connectivity index (χ3v) is 7.00. The maximum absolute atomic E-state index is 12.6. The van der Waals surface area contributed by atoms with Crippen molar-refractivity contribution in [3.63, 3.8) is 0 Å². The van der Waals surface area contributed by atoms with E-state index < -0.39 is 10.0 Å². The molecule has 3 rings (SSSR count). The van der Waals surface area contributed by atoms with Gasteiger partial charge in [-0.1, -0.05) is 37.0 Å². The van der Waals surface area contributed by atoms with Crippen LogP contribution in [0.4, 0.5) is 0 Å². The molecule has 1 N–H and O–H groups in total. The number of nitrogens with zero attached hydrogens (tertiary/aromatic N) is 2. The lowest BCUT2D eigenvalue weighted by atomic mass is 9.91. The van der Waals surface area contributed by atoms with Crippen LogP contribution < -0.4 is 9.46 Å². The molecule has 1 aliphatic rings. The molecule has 1 atom stereocenters. The molecule has 28 heavy (non-hydrogen) atoms. The minimum Gasteiger partial charge on any atom is -0.426 e. The van der Waals surface area contributed by atoms with Crippen LogP contribution in [0, 0.1) is 12.8 Å². The molecule has 1 aliphatic carbocycles. The average molecular weight is 406 g/mol. The van der Waals surface area contributed by atoms with Gasteiger partial charge in [0.25, 0.3) is 0 Å². The third kappa shape index (κ3) is 5.35. The quantitative estimate of drug-likeness (QED) is 0.698. The highest BCUT2D eigenvalue weighted by atomic mass is 32.2. The fourth-order valence-electron chi connectivity index (χ4n) is 3.87. The summed E-state index contributed by atoms with van der Waals surface area (Å²) in [7, 11) is -3.34. The second-order valence-electron chi connectivity index (χ2n) is 7.75. The van der Waals surface area contributed by atoms with Crippen molar-refractivity contribution in [2.75, 3.05) is 5.75 Å². The van der Waals surface area contributed by atoms with Gasteiger partial charge in [0.1, 0.15) is 5.75 Å². The van der Waals surface area contributed by atoms with E-state index in [4.69, 9.17) is 4.74 Å². The van der Waals surface area contributed by atoms with Gasteiger partial charge in [-0.05, 0) is 51.7 Å². The fourth-order valence-corrected chi connectivity index (χ4v) is 5.58. The maximum atomic E-state index is 12.6. The van der Waals surface area contributed by atoms with Crippen molar-refractivity contribution in [2.24, 2.45) is 5.92 Å². The standard InChI is InChI=1S/C21H31N3O3S/c1-4-24-20(14-22-21(24)27-19-12-10-16(2)11-13-19)17(3)23-28(25,26)15-18-8-6-5-7-9-18/h10-14,17-18,23H,4-9,15H2,1-3H3. The predicted molar refractivity (Wildman–Crippen MR) is 111 cm³/mol. The Bertz CT molecular complexity index is 869. The van der Waals surface area contributed by atoms with E-state index in [2.05, 4.69) is 9.71 Å². The first kappa shape index (κ1) is 20.9. The number of sulfonamides is 1. The predicted octanol–water partition coefficient (Wildman–Crippen LogP) is 4.56. The van der Waals surface area contributed by atoms with Gasteiger partial charge in [-0.25, -0.2) is 18.1 Å². The largest absolute Gasteiger partial charge is 0.426 e. The Labute approximate surface area is 168 Å². The Balaban J connectivity index is 1.69. The number of hydrogen-bond donors (Lipinski definition) is 1. The molecule has 1 heterocycles. The van der Waals surface area contributed by atoms with E-state index in [1.807, 2.05) is 49.6 Å². The minimum atomic E-state index is -3.34. The van der Waals surface area contributed by atoms with Crippen molar-refractivity contribution in [3.8, 4) is 11.8 Å². The number of imidazole rings is 1. The van der Waals surface area contributed by atoms with Gasteiger partial charge in [0.2, 0.25) is 10.0 Å². The zero-order valence-electron chi connectivity index (χ0n) is 17.0. The summed E-state index contributed by atoms with van der Waals surface area (Å²) >= 11 is 0. The number of hydrogen-bond acceptors (Lipinski definition) is 4. The average Bonchev–Trinajstić information content (AvgIpc) is 3.06. The topological polar surface area (TPSA) is 73.2 Å². The van der Waals surface area contributed by atoms with Gasteiger partial charge in [-0.2, -0.15) is 0 Å². The van der Waals surface area contributed by atoms with E-state index in [9.17, 15) is 8.42 Å². The molecule has 0 radical (unpaired) electrons. The molecule has 0 saturated heterocycles. The van der Waals surface area contributed by atoms with Crippen LogP contribution in [0.25, 0.3) is 0 Å². The van der Waals surface area contributed by atoms with Crippen LogP contribution in [0.1, 0.15) is 63.3 Å². The van der Waals surface area contributed by atoms with Crippen molar-refractivity contribution >= 4 is 10.0 Å². The zero-order chi connectivity index (χ0) is 20.1. The summed E-state index contributed by atoms with van der Waals surface area (Å²) in [6.07, 6.45) is 7.21.